The minimum atomic E-state index is 0.0425. The lowest BCUT2D eigenvalue weighted by Crippen LogP contribution is -2.55. The number of rotatable bonds is 6. The second-order valence-corrected chi connectivity index (χ2v) is 6.74. The van der Waals surface area contributed by atoms with Crippen molar-refractivity contribution < 1.29 is 9.53 Å². The van der Waals surface area contributed by atoms with Crippen molar-refractivity contribution in [2.75, 3.05) is 44.2 Å². The van der Waals surface area contributed by atoms with E-state index in [1.165, 1.54) is 5.56 Å². The number of hydrogen-bond donors (Lipinski definition) is 1. The fraction of sp³-hybridized carbons (Fsp3) is 0.450. The highest BCUT2D eigenvalue weighted by molar-refractivity contribution is 5.98. The number of carbonyl (C=O) groups is 1. The van der Waals surface area contributed by atoms with Gasteiger partial charge in [0.2, 0.25) is 5.91 Å². The van der Waals surface area contributed by atoms with Crippen molar-refractivity contribution in [3.8, 4) is 5.75 Å². The van der Waals surface area contributed by atoms with Gasteiger partial charge in [0.1, 0.15) is 18.9 Å². The van der Waals surface area contributed by atoms with Gasteiger partial charge in [-0.3, -0.25) is 9.48 Å². The SMILES string of the molecule is CCNC(=NCCOc1cccc(C)c1)N1CCN(c2cnn(C)c2)C(=O)C1. The monoisotopic (exact) mass is 384 g/mol. The standard InChI is InChI=1S/C20H28N6O2/c1-4-21-20(22-8-11-28-18-7-5-6-16(2)12-18)25-9-10-26(19(27)15-25)17-13-23-24(3)14-17/h5-7,12-14H,4,8-11,15H2,1-3H3,(H,21,22). The molecular formula is C20H28N6O2. The van der Waals surface area contributed by atoms with Gasteiger partial charge in [-0.05, 0) is 31.5 Å². The van der Waals surface area contributed by atoms with E-state index in [2.05, 4.69) is 15.4 Å². The van der Waals surface area contributed by atoms with E-state index >= 15 is 0 Å². The van der Waals surface area contributed by atoms with E-state index in [1.807, 2.05) is 56.3 Å². The molecule has 8 nitrogen and oxygen atoms in total. The molecule has 2 heterocycles. The molecule has 0 atom stereocenters. The molecule has 1 aliphatic heterocycles. The average molecular weight is 384 g/mol. The van der Waals surface area contributed by atoms with Crippen LogP contribution in [0, 0.1) is 6.92 Å². The summed E-state index contributed by atoms with van der Waals surface area (Å²) in [6, 6.07) is 7.96. The van der Waals surface area contributed by atoms with E-state index in [1.54, 1.807) is 15.8 Å². The van der Waals surface area contributed by atoms with Crippen LogP contribution < -0.4 is 15.0 Å². The van der Waals surface area contributed by atoms with E-state index in [0.29, 0.717) is 32.8 Å². The Morgan fingerprint density at radius 3 is 2.89 bits per heavy atom. The van der Waals surface area contributed by atoms with Gasteiger partial charge in [-0.2, -0.15) is 5.10 Å². The average Bonchev–Trinajstić information content (AvgIpc) is 3.10. The molecule has 2 aromatic rings. The lowest BCUT2D eigenvalue weighted by atomic mass is 10.2. The van der Waals surface area contributed by atoms with Crippen molar-refractivity contribution in [3.05, 3.63) is 42.2 Å². The minimum Gasteiger partial charge on any atom is -0.492 e. The van der Waals surface area contributed by atoms with E-state index < -0.39 is 0 Å². The number of aliphatic imine (C=N–C) groups is 1. The van der Waals surface area contributed by atoms with Gasteiger partial charge in [-0.1, -0.05) is 12.1 Å². The van der Waals surface area contributed by atoms with Gasteiger partial charge in [-0.25, -0.2) is 4.99 Å². The van der Waals surface area contributed by atoms with E-state index in [9.17, 15) is 4.79 Å². The summed E-state index contributed by atoms with van der Waals surface area (Å²) in [5.74, 6) is 1.64. The molecular weight excluding hydrogens is 356 g/mol. The number of benzene rings is 1. The van der Waals surface area contributed by atoms with E-state index in [4.69, 9.17) is 4.74 Å². The Balaban J connectivity index is 1.56. The fourth-order valence-electron chi connectivity index (χ4n) is 3.12. The Bertz CT molecular complexity index is 832. The molecule has 0 saturated carbocycles. The highest BCUT2D eigenvalue weighted by atomic mass is 16.5. The zero-order valence-electron chi connectivity index (χ0n) is 16.8. The molecule has 3 rings (SSSR count). The molecule has 150 valence electrons. The quantitative estimate of drug-likeness (QED) is 0.463. The van der Waals surface area contributed by atoms with Crippen LogP contribution in [0.2, 0.25) is 0 Å². The molecule has 1 amide bonds. The number of aromatic nitrogens is 2. The summed E-state index contributed by atoms with van der Waals surface area (Å²) in [5.41, 5.74) is 2.00. The minimum absolute atomic E-state index is 0.0425. The van der Waals surface area contributed by atoms with Crippen molar-refractivity contribution in [1.82, 2.24) is 20.0 Å². The number of ether oxygens (including phenoxy) is 1. The predicted molar refractivity (Wildman–Crippen MR) is 110 cm³/mol. The van der Waals surface area contributed by atoms with Crippen LogP contribution in [0.15, 0.2) is 41.7 Å². The smallest absolute Gasteiger partial charge is 0.246 e. The van der Waals surface area contributed by atoms with Crippen LogP contribution in [-0.2, 0) is 11.8 Å². The second kappa shape index (κ2) is 9.25. The van der Waals surface area contributed by atoms with Crippen LogP contribution in [0.25, 0.3) is 0 Å². The first-order valence-corrected chi connectivity index (χ1v) is 9.58. The third kappa shape index (κ3) is 5.03. The number of amides is 1. The first-order valence-electron chi connectivity index (χ1n) is 9.58. The van der Waals surface area contributed by atoms with Gasteiger partial charge in [0.05, 0.1) is 18.4 Å². The largest absolute Gasteiger partial charge is 0.492 e. The molecule has 28 heavy (non-hydrogen) atoms. The molecule has 1 aliphatic rings. The van der Waals surface area contributed by atoms with Crippen molar-refractivity contribution >= 4 is 17.6 Å². The Morgan fingerprint density at radius 2 is 2.21 bits per heavy atom. The summed E-state index contributed by atoms with van der Waals surface area (Å²) < 4.78 is 7.47. The lowest BCUT2D eigenvalue weighted by Gasteiger charge is -2.35. The fourth-order valence-corrected chi connectivity index (χ4v) is 3.12. The van der Waals surface area contributed by atoms with Gasteiger partial charge < -0.3 is 19.9 Å². The maximum Gasteiger partial charge on any atom is 0.246 e. The Kier molecular flexibility index (Phi) is 6.52. The molecule has 0 aliphatic carbocycles. The third-order valence-electron chi connectivity index (χ3n) is 4.47. The summed E-state index contributed by atoms with van der Waals surface area (Å²) in [4.78, 5) is 21.0. The topological polar surface area (TPSA) is 75.0 Å². The molecule has 0 spiro atoms. The lowest BCUT2D eigenvalue weighted by molar-refractivity contribution is -0.120. The first-order chi connectivity index (χ1) is 13.6. The number of piperazine rings is 1. The molecule has 1 fully saturated rings. The number of nitrogens with one attached hydrogen (secondary N) is 1. The third-order valence-corrected chi connectivity index (χ3v) is 4.47. The van der Waals surface area contributed by atoms with Crippen molar-refractivity contribution in [3.63, 3.8) is 0 Å². The Morgan fingerprint density at radius 1 is 1.36 bits per heavy atom. The maximum atomic E-state index is 12.6. The summed E-state index contributed by atoms with van der Waals surface area (Å²) in [6.45, 7) is 7.42. The van der Waals surface area contributed by atoms with Crippen LogP contribution in [0.4, 0.5) is 5.69 Å². The zero-order valence-corrected chi connectivity index (χ0v) is 16.8. The molecule has 0 radical (unpaired) electrons. The van der Waals surface area contributed by atoms with Crippen LogP contribution in [0.5, 0.6) is 5.75 Å². The summed E-state index contributed by atoms with van der Waals surface area (Å²) in [7, 11) is 1.85. The number of anilines is 1. The number of guanidine groups is 1. The zero-order chi connectivity index (χ0) is 19.9. The highest BCUT2D eigenvalue weighted by Crippen LogP contribution is 2.16. The predicted octanol–water partition coefficient (Wildman–Crippen LogP) is 1.42. The van der Waals surface area contributed by atoms with Crippen molar-refractivity contribution in [1.29, 1.82) is 0 Å². The molecule has 8 heteroatoms. The summed E-state index contributed by atoms with van der Waals surface area (Å²) >= 11 is 0. The number of nitrogens with zero attached hydrogens (tertiary/aromatic N) is 5. The molecule has 0 bridgehead atoms. The molecule has 1 saturated heterocycles. The van der Waals surface area contributed by atoms with Gasteiger partial charge in [0, 0.05) is 32.9 Å². The van der Waals surface area contributed by atoms with Gasteiger partial charge >= 0.3 is 0 Å². The van der Waals surface area contributed by atoms with Crippen molar-refractivity contribution in [2.24, 2.45) is 12.0 Å². The van der Waals surface area contributed by atoms with Crippen molar-refractivity contribution in [2.45, 2.75) is 13.8 Å². The van der Waals surface area contributed by atoms with Crippen LogP contribution in [-0.4, -0.2) is 65.9 Å². The second-order valence-electron chi connectivity index (χ2n) is 6.74. The van der Waals surface area contributed by atoms with Gasteiger partial charge in [-0.15, -0.1) is 0 Å². The molecule has 0 unspecified atom stereocenters. The Hall–Kier alpha value is -3.03. The highest BCUT2D eigenvalue weighted by Gasteiger charge is 2.27. The number of hydrogen-bond acceptors (Lipinski definition) is 4. The molecule has 1 N–H and O–H groups in total. The first kappa shape index (κ1) is 19.7. The maximum absolute atomic E-state index is 12.6. The number of carbonyl (C=O) groups excluding carboxylic acids is 1. The Labute approximate surface area is 165 Å². The van der Waals surface area contributed by atoms with Crippen LogP contribution >= 0.6 is 0 Å². The molecule has 1 aromatic carbocycles. The van der Waals surface area contributed by atoms with E-state index in [0.717, 1.165) is 23.9 Å². The van der Waals surface area contributed by atoms with E-state index in [-0.39, 0.29) is 5.91 Å². The normalized spacial score (nSPS) is 15.1. The van der Waals surface area contributed by atoms with Gasteiger partial charge in [0.25, 0.3) is 0 Å². The number of aryl methyl sites for hydroxylation is 2. The van der Waals surface area contributed by atoms with Crippen LogP contribution in [0.3, 0.4) is 0 Å². The van der Waals surface area contributed by atoms with Crippen LogP contribution in [0.1, 0.15) is 12.5 Å². The summed E-state index contributed by atoms with van der Waals surface area (Å²) in [5, 5.41) is 7.42. The molecule has 1 aromatic heterocycles. The summed E-state index contributed by atoms with van der Waals surface area (Å²) in [6.07, 6.45) is 3.57. The van der Waals surface area contributed by atoms with Gasteiger partial charge in [0.15, 0.2) is 5.96 Å².